The summed E-state index contributed by atoms with van der Waals surface area (Å²) in [5.41, 5.74) is 8.37. The number of nitrogens with zero attached hydrogens (tertiary/aromatic N) is 1. The predicted molar refractivity (Wildman–Crippen MR) is 84.1 cm³/mol. The molecule has 19 heavy (non-hydrogen) atoms. The first-order chi connectivity index (χ1) is 9.26. The summed E-state index contributed by atoms with van der Waals surface area (Å²) in [6.07, 6.45) is 7.66. The molecule has 2 N–H and O–H groups in total. The molecular weight excluding hydrogens is 256 g/mol. The van der Waals surface area contributed by atoms with Crippen LogP contribution in [0.2, 0.25) is 5.02 Å². The van der Waals surface area contributed by atoms with E-state index in [4.69, 9.17) is 17.3 Å². The minimum Gasteiger partial charge on any atom is -0.369 e. The van der Waals surface area contributed by atoms with Gasteiger partial charge in [-0.2, -0.15) is 0 Å². The van der Waals surface area contributed by atoms with Gasteiger partial charge in [-0.3, -0.25) is 0 Å². The van der Waals surface area contributed by atoms with Gasteiger partial charge in [-0.05, 0) is 56.5 Å². The van der Waals surface area contributed by atoms with E-state index in [-0.39, 0.29) is 0 Å². The van der Waals surface area contributed by atoms with Crippen LogP contribution in [0.3, 0.4) is 0 Å². The lowest BCUT2D eigenvalue weighted by Crippen LogP contribution is -2.37. The Kier molecular flexibility index (Phi) is 5.53. The highest BCUT2D eigenvalue weighted by molar-refractivity contribution is 6.30. The van der Waals surface area contributed by atoms with Crippen molar-refractivity contribution in [3.63, 3.8) is 0 Å². The highest BCUT2D eigenvalue weighted by Crippen LogP contribution is 2.31. The normalized spacial score (nSPS) is 16.6. The summed E-state index contributed by atoms with van der Waals surface area (Å²) < 4.78 is 0. The molecule has 0 unspecified atom stereocenters. The van der Waals surface area contributed by atoms with Gasteiger partial charge in [0.1, 0.15) is 0 Å². The molecule has 0 spiro atoms. The molecule has 1 aliphatic carbocycles. The first-order valence-corrected chi connectivity index (χ1v) is 7.89. The summed E-state index contributed by atoms with van der Waals surface area (Å²) in [5.74, 6) is 0. The van der Waals surface area contributed by atoms with E-state index in [1.165, 1.54) is 43.4 Å². The Balaban J connectivity index is 2.25. The summed E-state index contributed by atoms with van der Waals surface area (Å²) in [4.78, 5) is 2.56. The van der Waals surface area contributed by atoms with Crippen molar-refractivity contribution >= 4 is 17.3 Å². The van der Waals surface area contributed by atoms with Gasteiger partial charge in [0.2, 0.25) is 0 Å². The molecule has 0 radical (unpaired) electrons. The van der Waals surface area contributed by atoms with Crippen LogP contribution in [0.4, 0.5) is 5.69 Å². The van der Waals surface area contributed by atoms with Crippen LogP contribution in [0.5, 0.6) is 0 Å². The van der Waals surface area contributed by atoms with E-state index < -0.39 is 0 Å². The lowest BCUT2D eigenvalue weighted by atomic mass is 9.93. The molecule has 1 fully saturated rings. The van der Waals surface area contributed by atoms with Gasteiger partial charge in [0.05, 0.1) is 0 Å². The van der Waals surface area contributed by atoms with Gasteiger partial charge in [-0.1, -0.05) is 30.9 Å². The maximum Gasteiger partial charge on any atom is 0.0410 e. The molecule has 1 aliphatic rings. The monoisotopic (exact) mass is 280 g/mol. The van der Waals surface area contributed by atoms with Gasteiger partial charge >= 0.3 is 0 Å². The molecule has 0 saturated heterocycles. The van der Waals surface area contributed by atoms with Crippen LogP contribution in [-0.4, -0.2) is 19.1 Å². The molecule has 0 amide bonds. The van der Waals surface area contributed by atoms with Crippen molar-refractivity contribution in [2.45, 2.75) is 51.5 Å². The summed E-state index contributed by atoms with van der Waals surface area (Å²) in [6.45, 7) is 3.98. The van der Waals surface area contributed by atoms with Crippen LogP contribution < -0.4 is 10.6 Å². The molecule has 1 saturated carbocycles. The van der Waals surface area contributed by atoms with Crippen LogP contribution in [0.25, 0.3) is 0 Å². The van der Waals surface area contributed by atoms with Crippen LogP contribution in [0.1, 0.15) is 44.6 Å². The summed E-state index contributed by atoms with van der Waals surface area (Å²) >= 11 is 6.13. The van der Waals surface area contributed by atoms with Crippen LogP contribution >= 0.6 is 11.6 Å². The average Bonchev–Trinajstić information content (AvgIpc) is 2.43. The fourth-order valence-corrected chi connectivity index (χ4v) is 3.40. The third kappa shape index (κ3) is 3.64. The van der Waals surface area contributed by atoms with Crippen LogP contribution in [0.15, 0.2) is 18.2 Å². The number of hydrogen-bond acceptors (Lipinski definition) is 2. The number of hydrogen-bond donors (Lipinski definition) is 1. The summed E-state index contributed by atoms with van der Waals surface area (Å²) in [5, 5.41) is 0.812. The molecule has 1 aromatic rings. The molecule has 2 rings (SSSR count). The molecule has 2 nitrogen and oxygen atoms in total. The van der Waals surface area contributed by atoms with Gasteiger partial charge in [0.15, 0.2) is 0 Å². The third-order valence-corrected chi connectivity index (χ3v) is 4.36. The van der Waals surface area contributed by atoms with E-state index in [9.17, 15) is 0 Å². The van der Waals surface area contributed by atoms with Crippen molar-refractivity contribution in [2.24, 2.45) is 5.73 Å². The standard InChI is InChI=1S/C16H25ClN2/c1-2-19(15-6-4-3-5-7-15)16-9-8-14(17)12-13(16)10-11-18/h8-9,12,15H,2-7,10-11,18H2,1H3. The lowest BCUT2D eigenvalue weighted by Gasteiger charge is -2.36. The molecule has 0 aromatic heterocycles. The Morgan fingerprint density at radius 3 is 2.63 bits per heavy atom. The van der Waals surface area contributed by atoms with Gasteiger partial charge in [-0.25, -0.2) is 0 Å². The van der Waals surface area contributed by atoms with Crippen molar-refractivity contribution < 1.29 is 0 Å². The number of anilines is 1. The Labute approximate surface area is 121 Å². The van der Waals surface area contributed by atoms with E-state index in [0.29, 0.717) is 12.6 Å². The highest BCUT2D eigenvalue weighted by atomic mass is 35.5. The zero-order chi connectivity index (χ0) is 13.7. The second kappa shape index (κ2) is 7.16. The minimum atomic E-state index is 0.676. The molecule has 1 aromatic carbocycles. The Morgan fingerprint density at radius 2 is 2.00 bits per heavy atom. The van der Waals surface area contributed by atoms with E-state index in [2.05, 4.69) is 24.0 Å². The Hall–Kier alpha value is -0.730. The van der Waals surface area contributed by atoms with Crippen molar-refractivity contribution in [1.82, 2.24) is 0 Å². The molecule has 106 valence electrons. The first-order valence-electron chi connectivity index (χ1n) is 7.51. The molecule has 0 bridgehead atoms. The molecule has 3 heteroatoms. The second-order valence-electron chi connectivity index (χ2n) is 5.39. The van der Waals surface area contributed by atoms with Crippen molar-refractivity contribution in [3.05, 3.63) is 28.8 Å². The fraction of sp³-hybridized carbons (Fsp3) is 0.625. The maximum absolute atomic E-state index is 6.13. The highest BCUT2D eigenvalue weighted by Gasteiger charge is 2.21. The van der Waals surface area contributed by atoms with E-state index in [1.807, 2.05) is 6.07 Å². The molecule has 0 aliphatic heterocycles. The Morgan fingerprint density at radius 1 is 1.26 bits per heavy atom. The number of halogens is 1. The van der Waals surface area contributed by atoms with E-state index >= 15 is 0 Å². The molecule has 0 heterocycles. The zero-order valence-electron chi connectivity index (χ0n) is 11.9. The third-order valence-electron chi connectivity index (χ3n) is 4.12. The van der Waals surface area contributed by atoms with Gasteiger partial charge in [0.25, 0.3) is 0 Å². The molecule has 0 atom stereocenters. The fourth-order valence-electron chi connectivity index (χ4n) is 3.21. The SMILES string of the molecule is CCN(c1ccc(Cl)cc1CCN)C1CCCCC1. The lowest BCUT2D eigenvalue weighted by molar-refractivity contribution is 0.417. The predicted octanol–water partition coefficient (Wildman–Crippen LogP) is 4.00. The van der Waals surface area contributed by atoms with Crippen molar-refractivity contribution in [3.8, 4) is 0 Å². The van der Waals surface area contributed by atoms with Gasteiger partial charge < -0.3 is 10.6 Å². The quantitative estimate of drug-likeness (QED) is 0.883. The Bertz CT molecular complexity index is 400. The van der Waals surface area contributed by atoms with Gasteiger partial charge in [-0.15, -0.1) is 0 Å². The number of nitrogens with two attached hydrogens (primary N) is 1. The topological polar surface area (TPSA) is 29.3 Å². The van der Waals surface area contributed by atoms with Crippen LogP contribution in [0, 0.1) is 0 Å². The van der Waals surface area contributed by atoms with Crippen LogP contribution in [-0.2, 0) is 6.42 Å². The maximum atomic E-state index is 6.13. The largest absolute Gasteiger partial charge is 0.369 e. The average molecular weight is 281 g/mol. The van der Waals surface area contributed by atoms with E-state index in [0.717, 1.165) is 18.0 Å². The molecular formula is C16H25ClN2. The van der Waals surface area contributed by atoms with Crippen molar-refractivity contribution in [1.29, 1.82) is 0 Å². The first kappa shape index (κ1) is 14.7. The van der Waals surface area contributed by atoms with Crippen molar-refractivity contribution in [2.75, 3.05) is 18.0 Å². The van der Waals surface area contributed by atoms with Gasteiger partial charge in [0, 0.05) is 23.3 Å². The minimum absolute atomic E-state index is 0.676. The summed E-state index contributed by atoms with van der Waals surface area (Å²) in [7, 11) is 0. The zero-order valence-corrected chi connectivity index (χ0v) is 12.6. The van der Waals surface area contributed by atoms with E-state index in [1.54, 1.807) is 0 Å². The second-order valence-corrected chi connectivity index (χ2v) is 5.83. The smallest absolute Gasteiger partial charge is 0.0410 e. The number of rotatable bonds is 5. The number of benzene rings is 1. The summed E-state index contributed by atoms with van der Waals surface area (Å²) in [6, 6.07) is 6.94.